The van der Waals surface area contributed by atoms with E-state index in [0.29, 0.717) is 25.6 Å². The van der Waals surface area contributed by atoms with Gasteiger partial charge in [-0.25, -0.2) is 4.79 Å². The number of nitrogens with zero attached hydrogens (tertiary/aromatic N) is 1. The van der Waals surface area contributed by atoms with Gasteiger partial charge in [0.15, 0.2) is 0 Å². The highest BCUT2D eigenvalue weighted by Crippen LogP contribution is 2.20. The topological polar surface area (TPSA) is 49.8 Å². The molecule has 1 fully saturated rings. The lowest BCUT2D eigenvalue weighted by atomic mass is 9.92. The van der Waals surface area contributed by atoms with Crippen molar-refractivity contribution in [3.8, 4) is 0 Å². The third-order valence-corrected chi connectivity index (χ3v) is 2.75. The Morgan fingerprint density at radius 3 is 2.57 bits per heavy atom. The first-order chi connectivity index (χ1) is 6.65. The predicted molar refractivity (Wildman–Crippen MR) is 53.0 cm³/mol. The number of hydrogen-bond acceptors (Lipinski definition) is 3. The maximum Gasteiger partial charge on any atom is 0.409 e. The van der Waals surface area contributed by atoms with Gasteiger partial charge in [0, 0.05) is 13.1 Å². The van der Waals surface area contributed by atoms with Crippen LogP contribution in [0.3, 0.4) is 0 Å². The minimum atomic E-state index is -0.264. The van der Waals surface area contributed by atoms with E-state index in [1.54, 1.807) is 11.8 Å². The average Bonchev–Trinajstić information content (AvgIpc) is 2.18. The molecule has 1 aliphatic heterocycles. The summed E-state index contributed by atoms with van der Waals surface area (Å²) >= 11 is 0. The quantitative estimate of drug-likeness (QED) is 0.731. The van der Waals surface area contributed by atoms with E-state index >= 15 is 0 Å². The first-order valence-corrected chi connectivity index (χ1v) is 5.25. The smallest absolute Gasteiger partial charge is 0.409 e. The Kier molecular flexibility index (Phi) is 4.20. The fourth-order valence-electron chi connectivity index (χ4n) is 1.78. The molecule has 0 aromatic carbocycles. The second kappa shape index (κ2) is 5.20. The number of aliphatic hydroxyl groups excluding tert-OH is 1. The van der Waals surface area contributed by atoms with E-state index in [1.807, 2.05) is 6.92 Å². The number of amides is 1. The van der Waals surface area contributed by atoms with Crippen molar-refractivity contribution < 1.29 is 14.6 Å². The van der Waals surface area contributed by atoms with Crippen LogP contribution in [0, 0.1) is 5.92 Å². The Labute approximate surface area is 84.8 Å². The largest absolute Gasteiger partial charge is 0.450 e. The highest BCUT2D eigenvalue weighted by Gasteiger charge is 2.25. The van der Waals surface area contributed by atoms with Crippen LogP contribution in [0.5, 0.6) is 0 Å². The Morgan fingerprint density at radius 1 is 1.57 bits per heavy atom. The molecule has 0 aromatic heterocycles. The first-order valence-electron chi connectivity index (χ1n) is 5.25. The third kappa shape index (κ3) is 2.87. The summed E-state index contributed by atoms with van der Waals surface area (Å²) < 4.78 is 4.90. The zero-order valence-electron chi connectivity index (χ0n) is 8.90. The van der Waals surface area contributed by atoms with E-state index < -0.39 is 0 Å². The molecule has 0 unspecified atom stereocenters. The predicted octanol–water partition coefficient (Wildman–Crippen LogP) is 1.24. The number of likely N-dealkylation sites (tertiary alicyclic amines) is 1. The molecule has 1 heterocycles. The van der Waals surface area contributed by atoms with E-state index in [1.165, 1.54) is 0 Å². The maximum absolute atomic E-state index is 11.3. The number of carbonyl (C=O) groups excluding carboxylic acids is 1. The van der Waals surface area contributed by atoms with Crippen LogP contribution < -0.4 is 0 Å². The summed E-state index contributed by atoms with van der Waals surface area (Å²) in [5, 5.41) is 9.37. The number of piperidine rings is 1. The van der Waals surface area contributed by atoms with Crippen molar-refractivity contribution in [1.29, 1.82) is 0 Å². The summed E-state index contributed by atoms with van der Waals surface area (Å²) in [5.74, 6) is 0.334. The summed E-state index contributed by atoms with van der Waals surface area (Å²) in [7, 11) is 0. The molecule has 0 bridgehead atoms. The Hall–Kier alpha value is -0.770. The Bertz CT molecular complexity index is 186. The van der Waals surface area contributed by atoms with Crippen LogP contribution in [0.15, 0.2) is 0 Å². The number of hydrogen-bond donors (Lipinski definition) is 1. The molecule has 4 heteroatoms. The zero-order valence-corrected chi connectivity index (χ0v) is 8.90. The molecule has 0 aliphatic carbocycles. The molecule has 1 N–H and O–H groups in total. The Balaban J connectivity index is 2.31. The lowest BCUT2D eigenvalue weighted by molar-refractivity contribution is 0.0570. The summed E-state index contributed by atoms with van der Waals surface area (Å²) in [6, 6.07) is 0. The SMILES string of the molecule is CCOC(=O)N1CCC([C@H](C)O)CC1. The van der Waals surface area contributed by atoms with E-state index in [2.05, 4.69) is 0 Å². The van der Waals surface area contributed by atoms with Crippen LogP contribution in [-0.4, -0.2) is 41.9 Å². The molecular weight excluding hydrogens is 182 g/mol. The van der Waals surface area contributed by atoms with Gasteiger partial charge in [-0.1, -0.05) is 0 Å². The van der Waals surface area contributed by atoms with Crippen molar-refractivity contribution in [3.05, 3.63) is 0 Å². The molecule has 14 heavy (non-hydrogen) atoms. The van der Waals surface area contributed by atoms with Gasteiger partial charge in [-0.05, 0) is 32.6 Å². The molecule has 4 nitrogen and oxygen atoms in total. The molecule has 1 aliphatic rings. The van der Waals surface area contributed by atoms with Crippen molar-refractivity contribution in [2.75, 3.05) is 19.7 Å². The second-order valence-electron chi connectivity index (χ2n) is 3.76. The van der Waals surface area contributed by atoms with Gasteiger partial charge in [0.25, 0.3) is 0 Å². The van der Waals surface area contributed by atoms with E-state index in [0.717, 1.165) is 12.8 Å². The summed E-state index contributed by atoms with van der Waals surface area (Å²) in [6.07, 6.45) is 1.25. The molecule has 1 saturated heterocycles. The van der Waals surface area contributed by atoms with Crippen LogP contribution >= 0.6 is 0 Å². The number of carbonyl (C=O) groups is 1. The normalized spacial score (nSPS) is 20.6. The van der Waals surface area contributed by atoms with Crippen molar-refractivity contribution in [2.45, 2.75) is 32.8 Å². The lowest BCUT2D eigenvalue weighted by Gasteiger charge is -2.32. The number of rotatable bonds is 2. The molecule has 1 atom stereocenters. The Morgan fingerprint density at radius 2 is 2.14 bits per heavy atom. The average molecular weight is 201 g/mol. The van der Waals surface area contributed by atoms with E-state index in [-0.39, 0.29) is 12.2 Å². The molecule has 82 valence electrons. The van der Waals surface area contributed by atoms with Crippen LogP contribution in [0.1, 0.15) is 26.7 Å². The van der Waals surface area contributed by atoms with E-state index in [9.17, 15) is 9.90 Å². The van der Waals surface area contributed by atoms with Gasteiger partial charge < -0.3 is 14.7 Å². The van der Waals surface area contributed by atoms with Crippen LogP contribution in [0.25, 0.3) is 0 Å². The van der Waals surface area contributed by atoms with Gasteiger partial charge >= 0.3 is 6.09 Å². The molecule has 1 rings (SSSR count). The standard InChI is InChI=1S/C10H19NO3/c1-3-14-10(13)11-6-4-9(5-7-11)8(2)12/h8-9,12H,3-7H2,1-2H3/t8-/m0/s1. The van der Waals surface area contributed by atoms with Crippen molar-refractivity contribution in [1.82, 2.24) is 4.90 Å². The number of ether oxygens (including phenoxy) is 1. The summed E-state index contributed by atoms with van der Waals surface area (Å²) in [5.41, 5.74) is 0. The van der Waals surface area contributed by atoms with Crippen LogP contribution in [0.4, 0.5) is 4.79 Å². The molecule has 0 radical (unpaired) electrons. The minimum absolute atomic E-state index is 0.225. The zero-order chi connectivity index (χ0) is 10.6. The second-order valence-corrected chi connectivity index (χ2v) is 3.76. The van der Waals surface area contributed by atoms with Crippen molar-refractivity contribution >= 4 is 6.09 Å². The van der Waals surface area contributed by atoms with Crippen LogP contribution in [0.2, 0.25) is 0 Å². The first kappa shape index (κ1) is 11.3. The van der Waals surface area contributed by atoms with Gasteiger partial charge in [0.1, 0.15) is 0 Å². The number of aliphatic hydroxyl groups is 1. The summed E-state index contributed by atoms with van der Waals surface area (Å²) in [6.45, 7) is 5.45. The maximum atomic E-state index is 11.3. The molecular formula is C10H19NO3. The highest BCUT2D eigenvalue weighted by atomic mass is 16.6. The molecule has 1 amide bonds. The lowest BCUT2D eigenvalue weighted by Crippen LogP contribution is -2.41. The van der Waals surface area contributed by atoms with Crippen LogP contribution in [-0.2, 0) is 4.74 Å². The fourth-order valence-corrected chi connectivity index (χ4v) is 1.78. The van der Waals surface area contributed by atoms with Gasteiger partial charge in [0.2, 0.25) is 0 Å². The highest BCUT2D eigenvalue weighted by molar-refractivity contribution is 5.67. The third-order valence-electron chi connectivity index (χ3n) is 2.75. The summed E-state index contributed by atoms with van der Waals surface area (Å²) in [4.78, 5) is 13.0. The molecule has 0 aromatic rings. The monoisotopic (exact) mass is 201 g/mol. The van der Waals surface area contributed by atoms with E-state index in [4.69, 9.17) is 4.74 Å². The molecule has 0 saturated carbocycles. The molecule has 0 spiro atoms. The van der Waals surface area contributed by atoms with Gasteiger partial charge in [-0.2, -0.15) is 0 Å². The van der Waals surface area contributed by atoms with Crippen molar-refractivity contribution in [2.24, 2.45) is 5.92 Å². The van der Waals surface area contributed by atoms with Gasteiger partial charge in [0.05, 0.1) is 12.7 Å². The van der Waals surface area contributed by atoms with Gasteiger partial charge in [-0.15, -0.1) is 0 Å². The fraction of sp³-hybridized carbons (Fsp3) is 0.900. The van der Waals surface area contributed by atoms with Gasteiger partial charge in [-0.3, -0.25) is 0 Å². The minimum Gasteiger partial charge on any atom is -0.450 e. The van der Waals surface area contributed by atoms with Crippen molar-refractivity contribution in [3.63, 3.8) is 0 Å².